The quantitative estimate of drug-likeness (QED) is 0.162. The van der Waals surface area contributed by atoms with Gasteiger partial charge in [-0.25, -0.2) is 0 Å². The van der Waals surface area contributed by atoms with Gasteiger partial charge in [0, 0.05) is 29.0 Å². The Morgan fingerprint density at radius 1 is 1.22 bits per heavy atom. The van der Waals surface area contributed by atoms with Crippen molar-refractivity contribution in [2.45, 2.75) is 30.1 Å². The van der Waals surface area contributed by atoms with E-state index in [4.69, 9.17) is 17.3 Å². The van der Waals surface area contributed by atoms with Gasteiger partial charge in [-0.05, 0) is 37.9 Å². The molecule has 0 unspecified atom stereocenters. The normalized spacial score (nSPS) is 31.4. The lowest BCUT2D eigenvalue weighted by atomic mass is 9.55. The molecule has 0 radical (unpaired) electrons. The fourth-order valence-electron chi connectivity index (χ4n) is 5.97. The Labute approximate surface area is 222 Å². The fraction of sp³-hybridized carbons (Fsp3) is 0.480. The van der Waals surface area contributed by atoms with Crippen LogP contribution in [-0.4, -0.2) is 97.1 Å². The van der Waals surface area contributed by atoms with Crippen molar-refractivity contribution in [2.24, 2.45) is 17.6 Å². The monoisotopic (exact) mass is 552 g/mol. The minimum absolute atomic E-state index is 0.0987. The summed E-state index contributed by atoms with van der Waals surface area (Å²) in [5.74, 6) is -7.47. The van der Waals surface area contributed by atoms with Crippen LogP contribution in [-0.2, 0) is 9.59 Å². The van der Waals surface area contributed by atoms with Crippen molar-refractivity contribution in [1.29, 1.82) is 0 Å². The van der Waals surface area contributed by atoms with E-state index in [9.17, 15) is 39.9 Å². The highest BCUT2D eigenvalue weighted by Gasteiger charge is 2.67. The molecule has 1 amide bonds. The SMILES string of the molecule is CN(C)[C@@H]1C(O)=C(C(N)=O)C(=O)[C@@]2(O)C(O)=C3C(=O)c4c(O)cccc4[C@H](CSCCCCl)[C@H]3[C@H](O)[C@@H]12. The third-order valence-electron chi connectivity index (χ3n) is 7.52. The summed E-state index contributed by atoms with van der Waals surface area (Å²) in [6.07, 6.45) is -0.915. The summed E-state index contributed by atoms with van der Waals surface area (Å²) in [6, 6.07) is 3.23. The standard InChI is InChI=1S/C25H29ClN2O8S/c1-28(2)18-17-20(31)14-11(9-37-8-4-7-26)10-5-3-6-12(29)13(10)19(30)15(14)22(33)25(17,36)23(34)16(21(18)32)24(27)35/h3,5-6,11,14,17-18,20,29,31-33,36H,4,7-9H2,1-2H3,(H2,27,35)/t11-,14+,17+,18-,20-,25-/m0/s1. The zero-order valence-electron chi connectivity index (χ0n) is 20.2. The molecular weight excluding hydrogens is 524 g/mol. The molecule has 3 aliphatic carbocycles. The van der Waals surface area contributed by atoms with E-state index in [1.165, 1.54) is 36.8 Å². The fourth-order valence-corrected chi connectivity index (χ4v) is 7.41. The maximum Gasteiger partial charge on any atom is 0.255 e. The van der Waals surface area contributed by atoms with Gasteiger partial charge >= 0.3 is 0 Å². The number of benzene rings is 1. The van der Waals surface area contributed by atoms with Crippen LogP contribution in [0.3, 0.4) is 0 Å². The topological polar surface area (TPSA) is 182 Å². The molecule has 0 saturated heterocycles. The number of halogens is 1. The van der Waals surface area contributed by atoms with Crippen LogP contribution in [0, 0.1) is 11.8 Å². The molecule has 37 heavy (non-hydrogen) atoms. The number of likely N-dealkylation sites (N-methyl/N-ethyl adjacent to an activating group) is 1. The Balaban J connectivity index is 1.99. The highest BCUT2D eigenvalue weighted by Crippen LogP contribution is 2.56. The van der Waals surface area contributed by atoms with Gasteiger partial charge in [0.05, 0.1) is 23.6 Å². The molecule has 0 aliphatic heterocycles. The molecule has 200 valence electrons. The van der Waals surface area contributed by atoms with Crippen LogP contribution in [0.4, 0.5) is 0 Å². The van der Waals surface area contributed by atoms with E-state index >= 15 is 0 Å². The number of fused-ring (bicyclic) bond motifs is 3. The first-order chi connectivity index (χ1) is 17.4. The van der Waals surface area contributed by atoms with E-state index in [0.717, 1.165) is 0 Å². The van der Waals surface area contributed by atoms with Crippen LogP contribution in [0.2, 0.25) is 0 Å². The number of aliphatic hydroxyl groups is 4. The number of carbonyl (C=O) groups excluding carboxylic acids is 3. The molecule has 6 atom stereocenters. The van der Waals surface area contributed by atoms with Gasteiger partial charge in [-0.3, -0.25) is 19.3 Å². The van der Waals surface area contributed by atoms with Gasteiger partial charge in [-0.2, -0.15) is 11.8 Å². The summed E-state index contributed by atoms with van der Waals surface area (Å²) in [5.41, 5.74) is 1.43. The summed E-state index contributed by atoms with van der Waals surface area (Å²) in [6.45, 7) is 0. The van der Waals surface area contributed by atoms with Crippen LogP contribution in [0.1, 0.15) is 28.3 Å². The van der Waals surface area contributed by atoms with Gasteiger partial charge in [-0.15, -0.1) is 11.6 Å². The van der Waals surface area contributed by atoms with Crippen molar-refractivity contribution in [3.05, 3.63) is 52.0 Å². The van der Waals surface area contributed by atoms with Gasteiger partial charge in [0.25, 0.3) is 5.91 Å². The van der Waals surface area contributed by atoms with Crippen molar-refractivity contribution < 1.29 is 39.9 Å². The highest BCUT2D eigenvalue weighted by molar-refractivity contribution is 7.99. The van der Waals surface area contributed by atoms with E-state index in [0.29, 0.717) is 29.4 Å². The number of thioether (sulfide) groups is 1. The Morgan fingerprint density at radius 2 is 1.89 bits per heavy atom. The lowest BCUT2D eigenvalue weighted by Gasteiger charge is -2.53. The predicted molar refractivity (Wildman–Crippen MR) is 137 cm³/mol. The summed E-state index contributed by atoms with van der Waals surface area (Å²) in [7, 11) is 3.00. The number of phenolic OH excluding ortho intramolecular Hbond substituents is 1. The van der Waals surface area contributed by atoms with Crippen molar-refractivity contribution >= 4 is 40.8 Å². The number of alkyl halides is 1. The third-order valence-corrected chi connectivity index (χ3v) is 8.96. The second kappa shape index (κ2) is 9.95. The number of nitrogens with two attached hydrogens (primary N) is 1. The van der Waals surface area contributed by atoms with E-state index < -0.39 is 75.6 Å². The summed E-state index contributed by atoms with van der Waals surface area (Å²) in [4.78, 5) is 40.6. The third kappa shape index (κ3) is 3.95. The zero-order valence-corrected chi connectivity index (χ0v) is 21.8. The number of hydrogen-bond acceptors (Lipinski definition) is 10. The van der Waals surface area contributed by atoms with Crippen molar-refractivity contribution in [2.75, 3.05) is 31.5 Å². The molecule has 1 aromatic rings. The van der Waals surface area contributed by atoms with Crippen LogP contribution in [0.5, 0.6) is 5.75 Å². The minimum atomic E-state index is -2.93. The average molecular weight is 553 g/mol. The Bertz CT molecular complexity index is 1230. The van der Waals surface area contributed by atoms with Gasteiger partial charge in [0.15, 0.2) is 11.4 Å². The Hall–Kier alpha value is -2.57. The first-order valence-corrected chi connectivity index (χ1v) is 13.4. The lowest BCUT2D eigenvalue weighted by Crippen LogP contribution is -2.68. The van der Waals surface area contributed by atoms with E-state index in [2.05, 4.69) is 0 Å². The van der Waals surface area contributed by atoms with Crippen LogP contribution < -0.4 is 5.73 Å². The molecule has 10 nitrogen and oxygen atoms in total. The first kappa shape index (κ1) is 27.5. The van der Waals surface area contributed by atoms with E-state index in [-0.39, 0.29) is 11.3 Å². The van der Waals surface area contributed by atoms with E-state index in [1.807, 2.05) is 0 Å². The van der Waals surface area contributed by atoms with Gasteiger partial charge in [0.2, 0.25) is 5.78 Å². The molecule has 1 aromatic carbocycles. The lowest BCUT2D eigenvalue weighted by molar-refractivity contribution is -0.162. The number of phenols is 1. The molecule has 3 aliphatic rings. The van der Waals surface area contributed by atoms with Gasteiger partial charge < -0.3 is 31.3 Å². The average Bonchev–Trinajstić information content (AvgIpc) is 2.82. The summed E-state index contributed by atoms with van der Waals surface area (Å²) < 4.78 is 0. The Morgan fingerprint density at radius 3 is 2.49 bits per heavy atom. The number of aliphatic hydroxyl groups excluding tert-OH is 3. The summed E-state index contributed by atoms with van der Waals surface area (Å²) in [5, 5.41) is 56.4. The van der Waals surface area contributed by atoms with E-state index in [1.54, 1.807) is 12.1 Å². The number of amides is 1. The molecular formula is C25H29ClN2O8S. The molecule has 0 saturated carbocycles. The molecule has 0 fully saturated rings. The molecule has 0 aromatic heterocycles. The number of ketones is 2. The van der Waals surface area contributed by atoms with Crippen molar-refractivity contribution in [3.8, 4) is 5.75 Å². The molecule has 0 bridgehead atoms. The smallest absolute Gasteiger partial charge is 0.255 e. The second-order valence-electron chi connectivity index (χ2n) is 9.73. The number of aromatic hydroxyl groups is 1. The van der Waals surface area contributed by atoms with Crippen molar-refractivity contribution in [1.82, 2.24) is 4.90 Å². The number of hydrogen-bond donors (Lipinski definition) is 6. The maximum atomic E-state index is 13.7. The second-order valence-corrected chi connectivity index (χ2v) is 11.3. The first-order valence-electron chi connectivity index (χ1n) is 11.7. The van der Waals surface area contributed by atoms with Gasteiger partial charge in [0.1, 0.15) is 22.8 Å². The van der Waals surface area contributed by atoms with Crippen molar-refractivity contribution in [3.63, 3.8) is 0 Å². The molecule has 4 rings (SSSR count). The number of primary amides is 1. The van der Waals surface area contributed by atoms with Crippen LogP contribution in [0.25, 0.3) is 0 Å². The molecule has 7 N–H and O–H groups in total. The molecule has 0 heterocycles. The van der Waals surface area contributed by atoms with Crippen LogP contribution >= 0.6 is 23.4 Å². The predicted octanol–water partition coefficient (Wildman–Crippen LogP) is 0.995. The number of nitrogens with zero attached hydrogens (tertiary/aromatic N) is 1. The zero-order chi connectivity index (χ0) is 27.4. The van der Waals surface area contributed by atoms with Crippen LogP contribution in [0.15, 0.2) is 40.9 Å². The molecule has 0 spiro atoms. The number of carbonyl (C=O) groups is 3. The number of rotatable bonds is 7. The Kier molecular flexibility index (Phi) is 7.39. The highest BCUT2D eigenvalue weighted by atomic mass is 35.5. The summed E-state index contributed by atoms with van der Waals surface area (Å²) >= 11 is 7.30. The van der Waals surface area contributed by atoms with Gasteiger partial charge in [-0.1, -0.05) is 12.1 Å². The maximum absolute atomic E-state index is 13.7. The minimum Gasteiger partial charge on any atom is -0.510 e. The number of Topliss-reactive ketones (excluding diaryl/α,β-unsaturated/α-hetero) is 2. The molecule has 12 heteroatoms. The largest absolute Gasteiger partial charge is 0.510 e.